The zero-order valence-corrected chi connectivity index (χ0v) is 24.3. The number of fused-ring (bicyclic) bond motifs is 5. The summed E-state index contributed by atoms with van der Waals surface area (Å²) < 4.78 is 6.25. The van der Waals surface area contributed by atoms with Crippen LogP contribution in [0.3, 0.4) is 0 Å². The van der Waals surface area contributed by atoms with E-state index in [9.17, 15) is 19.8 Å². The molecule has 4 rings (SSSR count). The summed E-state index contributed by atoms with van der Waals surface area (Å²) in [6.45, 7) is 13.9. The van der Waals surface area contributed by atoms with Crippen LogP contribution in [-0.4, -0.2) is 47.4 Å². The first-order valence-corrected chi connectivity index (χ1v) is 15.5. The van der Waals surface area contributed by atoms with Crippen molar-refractivity contribution in [2.45, 2.75) is 117 Å². The van der Waals surface area contributed by atoms with Crippen LogP contribution in [0.15, 0.2) is 12.7 Å². The lowest BCUT2D eigenvalue weighted by atomic mass is 9.39. The van der Waals surface area contributed by atoms with Gasteiger partial charge in [0.05, 0.1) is 17.6 Å². The molecule has 4 aliphatic rings. The van der Waals surface area contributed by atoms with Crippen molar-refractivity contribution in [3.8, 4) is 0 Å². The first-order chi connectivity index (χ1) is 18.0. The van der Waals surface area contributed by atoms with Crippen molar-refractivity contribution in [3.63, 3.8) is 0 Å². The van der Waals surface area contributed by atoms with Gasteiger partial charge in [0.15, 0.2) is 0 Å². The molecule has 0 radical (unpaired) electrons. The number of amides is 1. The van der Waals surface area contributed by atoms with Crippen LogP contribution < -0.4 is 5.32 Å². The smallest absolute Gasteiger partial charge is 0.310 e. The predicted molar refractivity (Wildman–Crippen MR) is 149 cm³/mol. The van der Waals surface area contributed by atoms with Crippen molar-refractivity contribution in [3.05, 3.63) is 12.7 Å². The number of carbonyl (C=O) groups is 2. The minimum absolute atomic E-state index is 0.0389. The summed E-state index contributed by atoms with van der Waals surface area (Å²) in [5, 5.41) is 25.3. The van der Waals surface area contributed by atoms with Crippen molar-refractivity contribution in [1.82, 2.24) is 5.32 Å². The maximum Gasteiger partial charge on any atom is 0.310 e. The van der Waals surface area contributed by atoms with Crippen molar-refractivity contribution in [2.24, 2.45) is 45.8 Å². The second-order valence-corrected chi connectivity index (χ2v) is 13.7. The van der Waals surface area contributed by atoms with Gasteiger partial charge in [0.1, 0.15) is 0 Å². The molecule has 0 heterocycles. The summed E-state index contributed by atoms with van der Waals surface area (Å²) >= 11 is 0. The summed E-state index contributed by atoms with van der Waals surface area (Å²) in [6.07, 6.45) is 12.1. The van der Waals surface area contributed by atoms with Crippen LogP contribution in [-0.2, 0) is 14.3 Å². The first-order valence-electron chi connectivity index (χ1n) is 15.5. The maximum absolute atomic E-state index is 13.1. The molecule has 6 nitrogen and oxygen atoms in total. The van der Waals surface area contributed by atoms with E-state index in [4.69, 9.17) is 4.74 Å². The van der Waals surface area contributed by atoms with Crippen molar-refractivity contribution in [2.75, 3.05) is 13.2 Å². The fraction of sp³-hybridized carbons (Fsp3) is 0.875. The number of carboxylic acids is 1. The summed E-state index contributed by atoms with van der Waals surface area (Å²) in [5.74, 6) is 1.65. The molecule has 0 saturated heterocycles. The molecule has 10 atom stereocenters. The Balaban J connectivity index is 1.45. The van der Waals surface area contributed by atoms with Gasteiger partial charge < -0.3 is 20.3 Å². The third-order valence-corrected chi connectivity index (χ3v) is 12.2. The average molecular weight is 532 g/mol. The molecule has 0 bridgehead atoms. The fourth-order valence-electron chi connectivity index (χ4n) is 10.2. The number of hydrogen-bond donors (Lipinski definition) is 3. The highest BCUT2D eigenvalue weighted by atomic mass is 16.5. The fourth-order valence-corrected chi connectivity index (χ4v) is 10.2. The zero-order valence-electron chi connectivity index (χ0n) is 24.3. The van der Waals surface area contributed by atoms with E-state index < -0.39 is 11.4 Å². The van der Waals surface area contributed by atoms with Crippen LogP contribution in [0.25, 0.3) is 0 Å². The summed E-state index contributed by atoms with van der Waals surface area (Å²) in [4.78, 5) is 24.4. The van der Waals surface area contributed by atoms with Gasteiger partial charge in [-0.15, -0.1) is 0 Å². The molecule has 38 heavy (non-hydrogen) atoms. The highest BCUT2D eigenvalue weighted by Crippen LogP contribution is 2.71. The SMILES string of the molecule is C=CC(=O)NCCCCOC1CC[C@]2(C)C3CC(O)[C@@]4(C)C(CC[C@@H]4[C@H](C)CCC)C3CCC2(C(=O)O)C1. The molecular weight excluding hydrogens is 478 g/mol. The van der Waals surface area contributed by atoms with Gasteiger partial charge in [-0.05, 0) is 111 Å². The molecule has 0 aliphatic heterocycles. The number of aliphatic hydroxyl groups excluding tert-OH is 1. The standard InChI is InChI=1S/C32H53NO5/c1-6-10-21(3)24-11-12-25-23-14-16-32(29(36)37)20-22(38-18-9-8-17-33-28(35)7-2)13-15-30(32,4)26(23)19-27(34)31(24,25)5/h7,21-27,34H,2,6,8-20H2,1,3-5H3,(H,33,35)(H,36,37)/t21-,22?,23?,24-,25?,26?,27?,30-,31-,32?/m1/s1. The third-order valence-electron chi connectivity index (χ3n) is 12.2. The molecule has 3 N–H and O–H groups in total. The van der Waals surface area contributed by atoms with Crippen LogP contribution in [0.4, 0.5) is 0 Å². The quantitative estimate of drug-likeness (QED) is 0.225. The minimum Gasteiger partial charge on any atom is -0.481 e. The van der Waals surface area contributed by atoms with Gasteiger partial charge >= 0.3 is 5.97 Å². The lowest BCUT2D eigenvalue weighted by molar-refractivity contribution is -0.220. The highest BCUT2D eigenvalue weighted by Gasteiger charge is 2.69. The number of ether oxygens (including phenoxy) is 1. The molecule has 0 spiro atoms. The van der Waals surface area contributed by atoms with E-state index in [2.05, 4.69) is 39.6 Å². The van der Waals surface area contributed by atoms with Gasteiger partial charge in [0.25, 0.3) is 0 Å². The van der Waals surface area contributed by atoms with E-state index in [0.717, 1.165) is 44.9 Å². The third kappa shape index (κ3) is 4.87. The number of carbonyl (C=O) groups excluding carboxylic acids is 1. The van der Waals surface area contributed by atoms with E-state index in [-0.39, 0.29) is 34.9 Å². The molecule has 0 aromatic rings. The second kappa shape index (κ2) is 11.6. The highest BCUT2D eigenvalue weighted by molar-refractivity contribution is 5.86. The van der Waals surface area contributed by atoms with Crippen molar-refractivity contribution >= 4 is 11.9 Å². The lowest BCUT2D eigenvalue weighted by Gasteiger charge is -2.65. The number of unbranched alkanes of at least 4 members (excludes halogenated alkanes) is 1. The van der Waals surface area contributed by atoms with Crippen LogP contribution >= 0.6 is 0 Å². The molecule has 4 saturated carbocycles. The van der Waals surface area contributed by atoms with Crippen LogP contribution in [0, 0.1) is 45.8 Å². The van der Waals surface area contributed by atoms with E-state index >= 15 is 0 Å². The number of carboxylic acid groups (broad SMARTS) is 1. The molecule has 0 aromatic carbocycles. The topological polar surface area (TPSA) is 95.9 Å². The second-order valence-electron chi connectivity index (χ2n) is 13.7. The largest absolute Gasteiger partial charge is 0.481 e. The Kier molecular flexibility index (Phi) is 9.03. The van der Waals surface area contributed by atoms with E-state index in [0.29, 0.717) is 43.2 Å². The van der Waals surface area contributed by atoms with Gasteiger partial charge in [-0.3, -0.25) is 9.59 Å². The number of aliphatic carboxylic acids is 1. The molecule has 4 aliphatic carbocycles. The van der Waals surface area contributed by atoms with E-state index in [1.54, 1.807) is 0 Å². The minimum atomic E-state index is -0.782. The molecule has 4 fully saturated rings. The number of aliphatic hydroxyl groups is 1. The number of hydrogen-bond acceptors (Lipinski definition) is 4. The Morgan fingerprint density at radius 2 is 1.89 bits per heavy atom. The molecule has 216 valence electrons. The van der Waals surface area contributed by atoms with Crippen LogP contribution in [0.5, 0.6) is 0 Å². The van der Waals surface area contributed by atoms with E-state index in [1.165, 1.54) is 31.8 Å². The molecular formula is C32H53NO5. The van der Waals surface area contributed by atoms with E-state index in [1.807, 2.05) is 0 Å². The summed E-state index contributed by atoms with van der Waals surface area (Å²) in [6, 6.07) is 0. The van der Waals surface area contributed by atoms with Crippen LogP contribution in [0.1, 0.15) is 105 Å². The predicted octanol–water partition coefficient (Wildman–Crippen LogP) is 5.97. The number of rotatable bonds is 11. The monoisotopic (exact) mass is 531 g/mol. The molecule has 1 amide bonds. The number of nitrogens with one attached hydrogen (secondary N) is 1. The Hall–Kier alpha value is -1.40. The van der Waals surface area contributed by atoms with Crippen molar-refractivity contribution in [1.29, 1.82) is 0 Å². The molecule has 6 heteroatoms. The maximum atomic E-state index is 13.1. The van der Waals surface area contributed by atoms with Gasteiger partial charge in [-0.1, -0.05) is 47.1 Å². The van der Waals surface area contributed by atoms with Gasteiger partial charge in [-0.2, -0.15) is 0 Å². The Labute approximate surface area is 230 Å². The Morgan fingerprint density at radius 3 is 2.58 bits per heavy atom. The normalized spacial score (nSPS) is 42.9. The Morgan fingerprint density at radius 1 is 1.13 bits per heavy atom. The van der Waals surface area contributed by atoms with Crippen LogP contribution in [0.2, 0.25) is 0 Å². The van der Waals surface area contributed by atoms with Crippen molar-refractivity contribution < 1.29 is 24.5 Å². The average Bonchev–Trinajstić information content (AvgIpc) is 3.25. The lowest BCUT2D eigenvalue weighted by Crippen LogP contribution is -2.64. The summed E-state index contributed by atoms with van der Waals surface area (Å²) in [5.41, 5.74) is -1.14. The van der Waals surface area contributed by atoms with Gasteiger partial charge in [0.2, 0.25) is 5.91 Å². The molecule has 6 unspecified atom stereocenters. The van der Waals surface area contributed by atoms with Gasteiger partial charge in [0, 0.05) is 13.2 Å². The van der Waals surface area contributed by atoms with Gasteiger partial charge in [-0.25, -0.2) is 0 Å². The Bertz CT molecular complexity index is 876. The summed E-state index contributed by atoms with van der Waals surface area (Å²) in [7, 11) is 0. The zero-order chi connectivity index (χ0) is 27.7. The first kappa shape index (κ1) is 29.6. The molecule has 0 aromatic heterocycles.